The molecule has 0 amide bonds. The topological polar surface area (TPSA) is 51.8 Å². The molecular weight excluding hydrogens is 257 g/mol. The lowest BCUT2D eigenvalue weighted by atomic mass is 10.0. The smallest absolute Gasteiger partial charge is 0.0760 e. The molecule has 0 spiro atoms. The van der Waals surface area contributed by atoms with Gasteiger partial charge in [0.15, 0.2) is 0 Å². The highest BCUT2D eigenvalue weighted by atomic mass is 35.5. The van der Waals surface area contributed by atoms with Crippen LogP contribution in [-0.4, -0.2) is 9.97 Å². The van der Waals surface area contributed by atoms with E-state index in [1.807, 2.05) is 6.07 Å². The van der Waals surface area contributed by atoms with Crippen molar-refractivity contribution in [2.24, 2.45) is 5.73 Å². The van der Waals surface area contributed by atoms with E-state index >= 15 is 0 Å². The molecule has 0 saturated carbocycles. The van der Waals surface area contributed by atoms with Crippen LogP contribution in [0.25, 0.3) is 0 Å². The fourth-order valence-corrected chi connectivity index (χ4v) is 2.03. The second-order valence-corrected chi connectivity index (χ2v) is 4.46. The first-order chi connectivity index (χ1) is 8.18. The Kier molecular flexibility index (Phi) is 3.94. The number of nitrogens with two attached hydrogens (primary N) is 1. The molecule has 2 aromatic rings. The Balaban J connectivity index is 2.20. The molecule has 0 aromatic carbocycles. The average molecular weight is 268 g/mol. The number of hydrogen-bond acceptors (Lipinski definition) is 3. The molecule has 0 aliphatic heterocycles. The van der Waals surface area contributed by atoms with Crippen molar-refractivity contribution >= 4 is 23.2 Å². The summed E-state index contributed by atoms with van der Waals surface area (Å²) in [5, 5.41) is 1.18. The van der Waals surface area contributed by atoms with Crippen LogP contribution in [-0.2, 0) is 6.42 Å². The Morgan fingerprint density at radius 3 is 2.71 bits per heavy atom. The molecule has 3 nitrogen and oxygen atoms in total. The fraction of sp³-hybridized carbons (Fsp3) is 0.167. The van der Waals surface area contributed by atoms with Crippen molar-refractivity contribution in [2.45, 2.75) is 12.5 Å². The van der Waals surface area contributed by atoms with Gasteiger partial charge in [-0.2, -0.15) is 0 Å². The Morgan fingerprint density at radius 1 is 1.18 bits per heavy atom. The van der Waals surface area contributed by atoms with Crippen molar-refractivity contribution in [3.8, 4) is 0 Å². The number of halogens is 2. The summed E-state index contributed by atoms with van der Waals surface area (Å²) < 4.78 is 0. The summed E-state index contributed by atoms with van der Waals surface area (Å²) in [6, 6.07) is 5.12. The first-order valence-electron chi connectivity index (χ1n) is 5.13. The van der Waals surface area contributed by atoms with Crippen LogP contribution in [0.15, 0.2) is 36.8 Å². The van der Waals surface area contributed by atoms with Gasteiger partial charge in [0.05, 0.1) is 21.8 Å². The van der Waals surface area contributed by atoms with E-state index in [1.165, 1.54) is 0 Å². The highest BCUT2D eigenvalue weighted by molar-refractivity contribution is 6.31. The van der Waals surface area contributed by atoms with Gasteiger partial charge in [0.25, 0.3) is 0 Å². The summed E-state index contributed by atoms with van der Waals surface area (Å²) in [5.41, 5.74) is 7.69. The monoisotopic (exact) mass is 267 g/mol. The van der Waals surface area contributed by atoms with Crippen LogP contribution >= 0.6 is 23.2 Å². The van der Waals surface area contributed by atoms with Gasteiger partial charge in [-0.05, 0) is 30.2 Å². The van der Waals surface area contributed by atoms with Crippen molar-refractivity contribution in [1.29, 1.82) is 0 Å². The van der Waals surface area contributed by atoms with Crippen molar-refractivity contribution in [3.05, 3.63) is 58.1 Å². The van der Waals surface area contributed by atoms with E-state index in [9.17, 15) is 0 Å². The molecule has 2 heterocycles. The van der Waals surface area contributed by atoms with Crippen LogP contribution in [0.4, 0.5) is 0 Å². The Morgan fingerprint density at radius 2 is 2.00 bits per heavy atom. The summed E-state index contributed by atoms with van der Waals surface area (Å²) >= 11 is 12.1. The largest absolute Gasteiger partial charge is 0.322 e. The van der Waals surface area contributed by atoms with Crippen LogP contribution in [0.1, 0.15) is 17.3 Å². The molecule has 0 aliphatic rings. The average Bonchev–Trinajstić information content (AvgIpc) is 2.32. The maximum absolute atomic E-state index is 6.07. The molecule has 0 bridgehead atoms. The molecule has 2 rings (SSSR count). The van der Waals surface area contributed by atoms with E-state index in [0.717, 1.165) is 5.56 Å². The van der Waals surface area contributed by atoms with Gasteiger partial charge in [-0.15, -0.1) is 0 Å². The second-order valence-electron chi connectivity index (χ2n) is 3.65. The number of aromatic nitrogens is 2. The molecule has 2 aromatic heterocycles. The van der Waals surface area contributed by atoms with Gasteiger partial charge in [0.2, 0.25) is 0 Å². The lowest BCUT2D eigenvalue weighted by molar-refractivity contribution is 0.696. The summed E-state index contributed by atoms with van der Waals surface area (Å²) in [5.74, 6) is 0. The summed E-state index contributed by atoms with van der Waals surface area (Å²) in [4.78, 5) is 8.12. The minimum Gasteiger partial charge on any atom is -0.322 e. The zero-order valence-corrected chi connectivity index (χ0v) is 10.5. The first kappa shape index (κ1) is 12.3. The number of hydrogen-bond donors (Lipinski definition) is 1. The van der Waals surface area contributed by atoms with Gasteiger partial charge in [-0.25, -0.2) is 0 Å². The van der Waals surface area contributed by atoms with E-state index in [1.54, 1.807) is 30.7 Å². The zero-order chi connectivity index (χ0) is 12.3. The lowest BCUT2D eigenvalue weighted by Gasteiger charge is -2.13. The predicted octanol–water partition coefficient (Wildman–Crippen LogP) is 3.03. The maximum atomic E-state index is 6.07. The van der Waals surface area contributed by atoms with E-state index in [-0.39, 0.29) is 6.04 Å². The van der Waals surface area contributed by atoms with Crippen molar-refractivity contribution in [2.75, 3.05) is 0 Å². The Hall–Kier alpha value is -1.16. The third kappa shape index (κ3) is 2.94. The second kappa shape index (κ2) is 5.45. The van der Waals surface area contributed by atoms with Crippen molar-refractivity contribution < 1.29 is 0 Å². The normalized spacial score (nSPS) is 12.4. The number of nitrogens with zero attached hydrogens (tertiary/aromatic N) is 2. The molecular formula is C12H11Cl2N3. The third-order valence-corrected chi connectivity index (χ3v) is 3.09. The first-order valence-corrected chi connectivity index (χ1v) is 5.88. The van der Waals surface area contributed by atoms with Crippen molar-refractivity contribution in [3.63, 3.8) is 0 Å². The molecule has 5 heteroatoms. The van der Waals surface area contributed by atoms with Gasteiger partial charge in [0.1, 0.15) is 0 Å². The highest BCUT2D eigenvalue weighted by Gasteiger charge is 2.13. The summed E-state index contributed by atoms with van der Waals surface area (Å²) in [7, 11) is 0. The predicted molar refractivity (Wildman–Crippen MR) is 69.1 cm³/mol. The van der Waals surface area contributed by atoms with Gasteiger partial charge >= 0.3 is 0 Å². The minimum absolute atomic E-state index is 0.274. The maximum Gasteiger partial charge on any atom is 0.0760 e. The molecule has 88 valence electrons. The van der Waals surface area contributed by atoms with E-state index in [4.69, 9.17) is 28.9 Å². The van der Waals surface area contributed by atoms with E-state index < -0.39 is 0 Å². The number of pyridine rings is 2. The van der Waals surface area contributed by atoms with Crippen LogP contribution in [0, 0.1) is 0 Å². The molecule has 0 radical (unpaired) electrons. The lowest BCUT2D eigenvalue weighted by Crippen LogP contribution is -2.15. The van der Waals surface area contributed by atoms with Gasteiger partial charge in [-0.1, -0.05) is 23.2 Å². The molecule has 0 aliphatic carbocycles. The van der Waals surface area contributed by atoms with Crippen molar-refractivity contribution in [1.82, 2.24) is 9.97 Å². The standard InChI is InChI=1S/C12H11Cl2N3/c13-9-2-1-4-17-12(9)11(15)6-8-3-5-16-7-10(8)14/h1-5,7,11H,6,15H2. The van der Waals surface area contributed by atoms with Crippen LogP contribution in [0.5, 0.6) is 0 Å². The molecule has 0 fully saturated rings. The molecule has 1 unspecified atom stereocenters. The summed E-state index contributed by atoms with van der Waals surface area (Å²) in [6.07, 6.45) is 5.55. The Bertz CT molecular complexity index is 517. The SMILES string of the molecule is NC(Cc1ccncc1Cl)c1ncccc1Cl. The zero-order valence-electron chi connectivity index (χ0n) is 8.98. The van der Waals surface area contributed by atoms with Gasteiger partial charge in [0, 0.05) is 18.6 Å². The molecule has 0 saturated heterocycles. The summed E-state index contributed by atoms with van der Waals surface area (Å²) in [6.45, 7) is 0. The fourth-order valence-electron chi connectivity index (χ4n) is 1.57. The molecule has 1 atom stereocenters. The molecule has 2 N–H and O–H groups in total. The van der Waals surface area contributed by atoms with Gasteiger partial charge < -0.3 is 5.73 Å². The number of rotatable bonds is 3. The Labute approximate surface area is 110 Å². The van der Waals surface area contributed by atoms with E-state index in [2.05, 4.69) is 9.97 Å². The molecule has 17 heavy (non-hydrogen) atoms. The van der Waals surface area contributed by atoms with Gasteiger partial charge in [-0.3, -0.25) is 9.97 Å². The van der Waals surface area contributed by atoms with Crippen LogP contribution < -0.4 is 5.73 Å². The minimum atomic E-state index is -0.274. The third-order valence-electron chi connectivity index (χ3n) is 2.43. The van der Waals surface area contributed by atoms with Crippen LogP contribution in [0.2, 0.25) is 10.0 Å². The van der Waals surface area contributed by atoms with Crippen LogP contribution in [0.3, 0.4) is 0 Å². The van der Waals surface area contributed by atoms with E-state index in [0.29, 0.717) is 22.2 Å². The quantitative estimate of drug-likeness (QED) is 0.930. The highest BCUT2D eigenvalue weighted by Crippen LogP contribution is 2.24.